The number of anilines is 1. The summed E-state index contributed by atoms with van der Waals surface area (Å²) in [5.74, 6) is 0.371. The van der Waals surface area contributed by atoms with Crippen LogP contribution in [0.5, 0.6) is 0 Å². The third kappa shape index (κ3) is 3.77. The largest absolute Gasteiger partial charge is 0.372 e. The number of amides is 1. The molecule has 126 valence electrons. The minimum atomic E-state index is -0.436. The fourth-order valence-electron chi connectivity index (χ4n) is 3.41. The number of carbonyl (C=O) groups is 1. The second-order valence-electron chi connectivity index (χ2n) is 6.46. The van der Waals surface area contributed by atoms with E-state index in [1.54, 1.807) is 0 Å². The van der Waals surface area contributed by atoms with Crippen LogP contribution >= 0.6 is 0 Å². The molecule has 3 heterocycles. The van der Waals surface area contributed by atoms with Gasteiger partial charge in [-0.1, -0.05) is 0 Å². The Kier molecular flexibility index (Phi) is 4.75. The Morgan fingerprint density at radius 2 is 1.74 bits per heavy atom. The van der Waals surface area contributed by atoms with Crippen LogP contribution < -0.4 is 4.90 Å². The third-order valence-corrected chi connectivity index (χ3v) is 4.47. The summed E-state index contributed by atoms with van der Waals surface area (Å²) in [5, 5.41) is 0. The topological polar surface area (TPSA) is 58.6 Å². The molecule has 0 unspecified atom stereocenters. The monoisotopic (exact) mass is 322 g/mol. The van der Waals surface area contributed by atoms with Gasteiger partial charge in [-0.15, -0.1) is 0 Å². The summed E-state index contributed by atoms with van der Waals surface area (Å²) in [5.41, 5.74) is 0. The Bertz CT molecular complexity index is 536. The Morgan fingerprint density at radius 3 is 2.30 bits per heavy atom. The van der Waals surface area contributed by atoms with Crippen LogP contribution in [-0.2, 0) is 9.53 Å². The maximum absolute atomic E-state index is 12.9. The van der Waals surface area contributed by atoms with Gasteiger partial charge in [0.25, 0.3) is 0 Å². The molecule has 2 aliphatic heterocycles. The van der Waals surface area contributed by atoms with Crippen molar-refractivity contribution in [2.45, 2.75) is 38.9 Å². The van der Waals surface area contributed by atoms with E-state index in [0.29, 0.717) is 19.0 Å². The van der Waals surface area contributed by atoms with Crippen LogP contribution in [0.1, 0.15) is 26.7 Å². The first-order valence-electron chi connectivity index (χ1n) is 8.19. The third-order valence-electron chi connectivity index (χ3n) is 4.47. The first-order chi connectivity index (χ1) is 11.0. The van der Waals surface area contributed by atoms with Crippen LogP contribution in [0.4, 0.5) is 10.3 Å². The summed E-state index contributed by atoms with van der Waals surface area (Å²) in [7, 11) is 0. The minimum absolute atomic E-state index is 0.0456. The van der Waals surface area contributed by atoms with E-state index in [1.807, 2.05) is 23.6 Å². The predicted molar refractivity (Wildman–Crippen MR) is 83.5 cm³/mol. The van der Waals surface area contributed by atoms with Crippen molar-refractivity contribution < 1.29 is 13.9 Å². The van der Waals surface area contributed by atoms with Crippen LogP contribution in [-0.4, -0.2) is 59.2 Å². The number of ether oxygens (including phenoxy) is 1. The quantitative estimate of drug-likeness (QED) is 0.825. The van der Waals surface area contributed by atoms with Crippen LogP contribution in [0.15, 0.2) is 12.4 Å². The van der Waals surface area contributed by atoms with E-state index < -0.39 is 5.82 Å². The van der Waals surface area contributed by atoms with E-state index in [1.165, 1.54) is 12.4 Å². The highest BCUT2D eigenvalue weighted by Crippen LogP contribution is 2.24. The number of nitrogens with zero attached hydrogens (tertiary/aromatic N) is 4. The summed E-state index contributed by atoms with van der Waals surface area (Å²) in [6.07, 6.45) is 4.09. The van der Waals surface area contributed by atoms with E-state index in [0.717, 1.165) is 25.9 Å². The van der Waals surface area contributed by atoms with Crippen LogP contribution in [0.25, 0.3) is 0 Å². The van der Waals surface area contributed by atoms with Crippen molar-refractivity contribution in [2.24, 2.45) is 5.92 Å². The lowest BCUT2D eigenvalue weighted by Gasteiger charge is -2.39. The van der Waals surface area contributed by atoms with E-state index in [2.05, 4.69) is 9.97 Å². The highest BCUT2D eigenvalue weighted by Gasteiger charge is 2.33. The lowest BCUT2D eigenvalue weighted by atomic mass is 9.95. The van der Waals surface area contributed by atoms with Gasteiger partial charge in [0, 0.05) is 32.1 Å². The first kappa shape index (κ1) is 16.1. The highest BCUT2D eigenvalue weighted by atomic mass is 19.1. The number of hydrogen-bond donors (Lipinski definition) is 0. The molecule has 0 bridgehead atoms. The summed E-state index contributed by atoms with van der Waals surface area (Å²) in [4.78, 5) is 24.7. The van der Waals surface area contributed by atoms with Gasteiger partial charge in [-0.2, -0.15) is 0 Å². The molecule has 6 nitrogen and oxygen atoms in total. The highest BCUT2D eigenvalue weighted by molar-refractivity contribution is 5.79. The number of aromatic nitrogens is 2. The maximum atomic E-state index is 12.9. The smallest absolute Gasteiger partial charge is 0.225 e. The van der Waals surface area contributed by atoms with Crippen molar-refractivity contribution in [1.29, 1.82) is 0 Å². The van der Waals surface area contributed by atoms with Crippen molar-refractivity contribution in [2.75, 3.05) is 31.1 Å². The van der Waals surface area contributed by atoms with Crippen LogP contribution in [0.2, 0.25) is 0 Å². The van der Waals surface area contributed by atoms with Gasteiger partial charge in [-0.05, 0) is 26.7 Å². The molecule has 0 saturated carbocycles. The summed E-state index contributed by atoms with van der Waals surface area (Å²) in [6.45, 7) is 6.79. The van der Waals surface area contributed by atoms with Gasteiger partial charge in [0.15, 0.2) is 5.82 Å². The molecule has 2 atom stereocenters. The van der Waals surface area contributed by atoms with E-state index in [-0.39, 0.29) is 24.0 Å². The van der Waals surface area contributed by atoms with Crippen molar-refractivity contribution in [1.82, 2.24) is 14.9 Å². The molecule has 2 saturated heterocycles. The van der Waals surface area contributed by atoms with E-state index in [9.17, 15) is 9.18 Å². The number of halogens is 1. The zero-order valence-corrected chi connectivity index (χ0v) is 13.6. The zero-order chi connectivity index (χ0) is 16.4. The Labute approximate surface area is 135 Å². The summed E-state index contributed by atoms with van der Waals surface area (Å²) in [6, 6.07) is 0. The van der Waals surface area contributed by atoms with Gasteiger partial charge >= 0.3 is 0 Å². The molecule has 1 amide bonds. The Balaban J connectivity index is 1.56. The second-order valence-corrected chi connectivity index (χ2v) is 6.46. The summed E-state index contributed by atoms with van der Waals surface area (Å²) >= 11 is 0. The standard InChI is InChI=1S/C16H23FN4O2/c1-11-9-21(10-12(2)23-11)15(22)13-3-5-20(6-4-13)16-18-7-14(17)8-19-16/h7-8,11-13H,3-6,9-10H2,1-2H3/t11-,12+. The van der Waals surface area contributed by atoms with Crippen LogP contribution in [0.3, 0.4) is 0 Å². The number of hydrogen-bond acceptors (Lipinski definition) is 5. The fraction of sp³-hybridized carbons (Fsp3) is 0.688. The van der Waals surface area contributed by atoms with Gasteiger partial charge in [-0.25, -0.2) is 14.4 Å². The molecule has 23 heavy (non-hydrogen) atoms. The normalized spacial score (nSPS) is 26.4. The maximum Gasteiger partial charge on any atom is 0.225 e. The molecule has 0 aliphatic carbocycles. The molecule has 2 fully saturated rings. The molecule has 0 radical (unpaired) electrons. The van der Waals surface area contributed by atoms with Crippen molar-refractivity contribution >= 4 is 11.9 Å². The Hall–Kier alpha value is -1.76. The average Bonchev–Trinajstić information content (AvgIpc) is 2.54. The molecule has 2 aliphatic rings. The number of morpholine rings is 1. The molecular weight excluding hydrogens is 299 g/mol. The van der Waals surface area contributed by atoms with E-state index in [4.69, 9.17) is 4.74 Å². The number of carbonyl (C=O) groups excluding carboxylic acids is 1. The molecule has 7 heteroatoms. The second kappa shape index (κ2) is 6.78. The first-order valence-corrected chi connectivity index (χ1v) is 8.19. The molecular formula is C16H23FN4O2. The van der Waals surface area contributed by atoms with Crippen molar-refractivity contribution in [3.63, 3.8) is 0 Å². The van der Waals surface area contributed by atoms with Gasteiger partial charge in [-0.3, -0.25) is 4.79 Å². The van der Waals surface area contributed by atoms with Crippen molar-refractivity contribution in [3.8, 4) is 0 Å². The predicted octanol–water partition coefficient (Wildman–Crippen LogP) is 1.47. The van der Waals surface area contributed by atoms with Gasteiger partial charge < -0.3 is 14.5 Å². The lowest BCUT2D eigenvalue weighted by Crippen LogP contribution is -2.51. The fourth-order valence-corrected chi connectivity index (χ4v) is 3.41. The molecule has 0 spiro atoms. The molecule has 3 rings (SSSR count). The number of rotatable bonds is 2. The molecule has 1 aromatic rings. The lowest BCUT2D eigenvalue weighted by molar-refractivity contribution is -0.148. The molecule has 1 aromatic heterocycles. The van der Waals surface area contributed by atoms with Gasteiger partial charge in [0.05, 0.1) is 24.6 Å². The van der Waals surface area contributed by atoms with Crippen molar-refractivity contribution in [3.05, 3.63) is 18.2 Å². The number of piperidine rings is 1. The molecule has 0 aromatic carbocycles. The van der Waals surface area contributed by atoms with E-state index >= 15 is 0 Å². The summed E-state index contributed by atoms with van der Waals surface area (Å²) < 4.78 is 18.6. The average molecular weight is 322 g/mol. The van der Waals surface area contributed by atoms with Gasteiger partial charge in [0.1, 0.15) is 0 Å². The Morgan fingerprint density at radius 1 is 1.17 bits per heavy atom. The zero-order valence-electron chi connectivity index (χ0n) is 13.6. The van der Waals surface area contributed by atoms with Gasteiger partial charge in [0.2, 0.25) is 11.9 Å². The van der Waals surface area contributed by atoms with Crippen LogP contribution in [0, 0.1) is 11.7 Å². The SMILES string of the molecule is C[C@@H]1CN(C(=O)C2CCN(c3ncc(F)cn3)CC2)C[C@H](C)O1. The molecule has 0 N–H and O–H groups in total. The minimum Gasteiger partial charge on any atom is -0.372 e.